The van der Waals surface area contributed by atoms with Crippen LogP contribution in [0, 0.1) is 17.3 Å². The highest BCUT2D eigenvalue weighted by atomic mass is 14.9. The summed E-state index contributed by atoms with van der Waals surface area (Å²) in [6, 6.07) is 0.405. The van der Waals surface area contributed by atoms with Gasteiger partial charge in [-0.05, 0) is 57.4 Å². The highest BCUT2D eigenvalue weighted by molar-refractivity contribution is 5.21. The molecule has 23 heavy (non-hydrogen) atoms. The summed E-state index contributed by atoms with van der Waals surface area (Å²) in [5.74, 6) is 1.41. The Morgan fingerprint density at radius 2 is 2.04 bits per heavy atom. The summed E-state index contributed by atoms with van der Waals surface area (Å²) in [7, 11) is 2.08. The monoisotopic (exact) mass is 315 g/mol. The quantitative estimate of drug-likeness (QED) is 0.424. The average Bonchev–Trinajstić information content (AvgIpc) is 2.45. The maximum Gasteiger partial charge on any atom is 0.0305 e. The van der Waals surface area contributed by atoms with Crippen molar-refractivity contribution in [2.75, 3.05) is 7.05 Å². The standard InChI is InChI=1S/C22H37N/c1-8-11-18(4)12-9-14-20(21(23-7)17(2)3)19-13-10-15-22(5,6)16-19/h8-9,11-12,19-21,23H,1-2,10,13-16H2,3-7H3/b12-9-,18-11-/t19?,20?,21-/m1/s1. The molecule has 3 atom stereocenters. The Hall–Kier alpha value is -1.08. The van der Waals surface area contributed by atoms with Gasteiger partial charge in [-0.25, -0.2) is 0 Å². The Bertz CT molecular complexity index is 453. The van der Waals surface area contributed by atoms with E-state index >= 15 is 0 Å². The molecule has 1 heteroatoms. The van der Waals surface area contributed by atoms with Gasteiger partial charge in [0.1, 0.15) is 0 Å². The van der Waals surface area contributed by atoms with E-state index in [1.165, 1.54) is 36.8 Å². The third-order valence-corrected chi connectivity index (χ3v) is 5.29. The van der Waals surface area contributed by atoms with Crippen LogP contribution < -0.4 is 5.32 Å². The molecule has 1 saturated carbocycles. The summed E-state index contributed by atoms with van der Waals surface area (Å²) in [6.45, 7) is 17.2. The topological polar surface area (TPSA) is 12.0 Å². The third kappa shape index (κ3) is 6.51. The van der Waals surface area contributed by atoms with E-state index in [0.717, 1.165) is 12.3 Å². The Morgan fingerprint density at radius 1 is 1.35 bits per heavy atom. The van der Waals surface area contributed by atoms with Crippen molar-refractivity contribution in [3.8, 4) is 0 Å². The molecular formula is C22H37N. The molecule has 1 aliphatic carbocycles. The van der Waals surface area contributed by atoms with E-state index in [4.69, 9.17) is 0 Å². The second-order valence-corrected chi connectivity index (χ2v) is 8.08. The van der Waals surface area contributed by atoms with Gasteiger partial charge >= 0.3 is 0 Å². The molecule has 0 heterocycles. The first-order chi connectivity index (χ1) is 10.8. The minimum Gasteiger partial charge on any atom is -0.313 e. The number of rotatable bonds is 8. The Labute approximate surface area is 144 Å². The van der Waals surface area contributed by atoms with E-state index in [0.29, 0.717) is 17.4 Å². The van der Waals surface area contributed by atoms with Crippen LogP contribution in [-0.4, -0.2) is 13.1 Å². The minimum absolute atomic E-state index is 0.405. The van der Waals surface area contributed by atoms with Crippen molar-refractivity contribution >= 4 is 0 Å². The lowest BCUT2D eigenvalue weighted by molar-refractivity contribution is 0.121. The predicted octanol–water partition coefficient (Wildman–Crippen LogP) is 6.06. The summed E-state index contributed by atoms with van der Waals surface area (Å²) in [4.78, 5) is 0. The number of allylic oxidation sites excluding steroid dienone is 5. The molecule has 1 N–H and O–H groups in total. The molecule has 2 unspecified atom stereocenters. The highest BCUT2D eigenvalue weighted by Crippen LogP contribution is 2.44. The molecule has 0 spiro atoms. The van der Waals surface area contributed by atoms with Gasteiger partial charge in [0.05, 0.1) is 0 Å². The lowest BCUT2D eigenvalue weighted by Gasteiger charge is -2.42. The zero-order valence-electron chi connectivity index (χ0n) is 16.0. The van der Waals surface area contributed by atoms with E-state index in [-0.39, 0.29) is 0 Å². The Morgan fingerprint density at radius 3 is 2.57 bits per heavy atom. The molecule has 0 amide bonds. The molecule has 0 aromatic carbocycles. The van der Waals surface area contributed by atoms with Crippen molar-refractivity contribution in [3.05, 3.63) is 48.6 Å². The molecule has 0 bridgehead atoms. The summed E-state index contributed by atoms with van der Waals surface area (Å²) in [5, 5.41) is 3.53. The first-order valence-corrected chi connectivity index (χ1v) is 9.09. The molecule has 0 saturated heterocycles. The highest BCUT2D eigenvalue weighted by Gasteiger charge is 2.35. The van der Waals surface area contributed by atoms with Crippen LogP contribution in [-0.2, 0) is 0 Å². The van der Waals surface area contributed by atoms with Crippen LogP contribution in [0.1, 0.15) is 59.8 Å². The van der Waals surface area contributed by atoms with Crippen LogP contribution in [0.4, 0.5) is 0 Å². The van der Waals surface area contributed by atoms with Crippen molar-refractivity contribution in [2.45, 2.75) is 65.8 Å². The van der Waals surface area contributed by atoms with E-state index in [2.05, 4.69) is 71.4 Å². The summed E-state index contributed by atoms with van der Waals surface area (Å²) in [6.07, 6.45) is 15.0. The van der Waals surface area contributed by atoms with E-state index < -0.39 is 0 Å². The average molecular weight is 316 g/mol. The summed E-state index contributed by atoms with van der Waals surface area (Å²) >= 11 is 0. The van der Waals surface area contributed by atoms with E-state index in [9.17, 15) is 0 Å². The fraction of sp³-hybridized carbons (Fsp3) is 0.636. The molecule has 130 valence electrons. The first kappa shape index (κ1) is 20.0. The normalized spacial score (nSPS) is 24.4. The molecule has 0 radical (unpaired) electrons. The minimum atomic E-state index is 0.405. The lowest BCUT2D eigenvalue weighted by atomic mass is 9.65. The van der Waals surface area contributed by atoms with Crippen molar-refractivity contribution in [2.24, 2.45) is 17.3 Å². The maximum absolute atomic E-state index is 4.24. The molecular weight excluding hydrogens is 278 g/mol. The number of nitrogens with one attached hydrogen (secondary N) is 1. The molecule has 1 fully saturated rings. The molecule has 1 rings (SSSR count). The number of hydrogen-bond acceptors (Lipinski definition) is 1. The van der Waals surface area contributed by atoms with E-state index in [1.54, 1.807) is 0 Å². The smallest absolute Gasteiger partial charge is 0.0305 e. The van der Waals surface area contributed by atoms with Gasteiger partial charge in [0, 0.05) is 6.04 Å². The third-order valence-electron chi connectivity index (χ3n) is 5.29. The number of hydrogen-bond donors (Lipinski definition) is 1. The van der Waals surface area contributed by atoms with E-state index in [1.807, 2.05) is 6.08 Å². The largest absolute Gasteiger partial charge is 0.313 e. The number of likely N-dealkylation sites (N-methyl/N-ethyl adjacent to an activating group) is 1. The zero-order valence-corrected chi connectivity index (χ0v) is 16.0. The zero-order chi connectivity index (χ0) is 17.5. The van der Waals surface area contributed by atoms with Crippen LogP contribution in [0.2, 0.25) is 0 Å². The molecule has 0 aromatic heterocycles. The van der Waals surface area contributed by atoms with Crippen LogP contribution in [0.15, 0.2) is 48.6 Å². The molecule has 1 aliphatic rings. The van der Waals surface area contributed by atoms with Gasteiger partial charge in [0.2, 0.25) is 0 Å². The van der Waals surface area contributed by atoms with Gasteiger partial charge in [0.15, 0.2) is 0 Å². The molecule has 1 nitrogen and oxygen atoms in total. The van der Waals surface area contributed by atoms with Crippen LogP contribution >= 0.6 is 0 Å². The maximum atomic E-state index is 4.24. The van der Waals surface area contributed by atoms with Crippen LogP contribution in [0.25, 0.3) is 0 Å². The van der Waals surface area contributed by atoms with Gasteiger partial charge in [-0.2, -0.15) is 0 Å². The van der Waals surface area contributed by atoms with Crippen LogP contribution in [0.5, 0.6) is 0 Å². The Balaban J connectivity index is 2.90. The van der Waals surface area contributed by atoms with Gasteiger partial charge < -0.3 is 5.32 Å². The van der Waals surface area contributed by atoms with Gasteiger partial charge in [-0.1, -0.05) is 75.3 Å². The predicted molar refractivity (Wildman–Crippen MR) is 105 cm³/mol. The first-order valence-electron chi connectivity index (χ1n) is 9.09. The lowest BCUT2D eigenvalue weighted by Crippen LogP contribution is -2.41. The van der Waals surface area contributed by atoms with Crippen molar-refractivity contribution < 1.29 is 0 Å². The fourth-order valence-corrected chi connectivity index (χ4v) is 4.20. The van der Waals surface area contributed by atoms with Gasteiger partial charge in [0.25, 0.3) is 0 Å². The molecule has 0 aliphatic heterocycles. The second kappa shape index (κ2) is 9.27. The Kier molecular flexibility index (Phi) is 8.05. The van der Waals surface area contributed by atoms with Gasteiger partial charge in [-0.15, -0.1) is 0 Å². The van der Waals surface area contributed by atoms with Crippen molar-refractivity contribution in [1.29, 1.82) is 0 Å². The fourth-order valence-electron chi connectivity index (χ4n) is 4.20. The SMILES string of the molecule is C=C/C=C(C)\C=C/CC(C1CCCC(C)(C)C1)[C@H](NC)C(=C)C. The summed E-state index contributed by atoms with van der Waals surface area (Å²) in [5.41, 5.74) is 3.00. The van der Waals surface area contributed by atoms with Crippen molar-refractivity contribution in [1.82, 2.24) is 5.32 Å². The molecule has 0 aromatic rings. The van der Waals surface area contributed by atoms with Gasteiger partial charge in [-0.3, -0.25) is 0 Å². The van der Waals surface area contributed by atoms with Crippen LogP contribution in [0.3, 0.4) is 0 Å². The summed E-state index contributed by atoms with van der Waals surface area (Å²) < 4.78 is 0. The van der Waals surface area contributed by atoms with Crippen molar-refractivity contribution in [3.63, 3.8) is 0 Å². The second-order valence-electron chi connectivity index (χ2n) is 8.08.